The van der Waals surface area contributed by atoms with Crippen LogP contribution in [0.15, 0.2) is 42.6 Å². The molecule has 0 spiro atoms. The summed E-state index contributed by atoms with van der Waals surface area (Å²) in [5.41, 5.74) is 3.22. The van der Waals surface area contributed by atoms with Gasteiger partial charge in [-0.2, -0.15) is 0 Å². The lowest BCUT2D eigenvalue weighted by atomic mass is 10.1. The predicted molar refractivity (Wildman–Crippen MR) is 120 cm³/mol. The highest BCUT2D eigenvalue weighted by atomic mass is 35.5. The third kappa shape index (κ3) is 5.26. The molecule has 5 nitrogen and oxygen atoms in total. The van der Waals surface area contributed by atoms with Crippen LogP contribution in [-0.2, 0) is 16.2 Å². The summed E-state index contributed by atoms with van der Waals surface area (Å²) in [7, 11) is -1.16. The normalized spacial score (nSPS) is 11.8. The number of aromatic nitrogens is 2. The first-order valence-corrected chi connectivity index (χ1v) is 13.9. The number of hydrogen-bond donors (Lipinski definition) is 0. The molecule has 0 aliphatic carbocycles. The SMILES string of the molecule is CCOC(=O)c1ccc(-c2cc3c(Cl)ccnc3n2COCC[Si](C)(C)C)cc1. The van der Waals surface area contributed by atoms with Gasteiger partial charge in [-0.05, 0) is 42.8 Å². The fourth-order valence-corrected chi connectivity index (χ4v) is 3.96. The van der Waals surface area contributed by atoms with Gasteiger partial charge in [0.2, 0.25) is 0 Å². The molecule has 0 saturated heterocycles. The fourth-order valence-electron chi connectivity index (χ4n) is 3.01. The first-order chi connectivity index (χ1) is 13.8. The smallest absolute Gasteiger partial charge is 0.338 e. The molecule has 7 heteroatoms. The summed E-state index contributed by atoms with van der Waals surface area (Å²) in [6, 6.07) is 12.3. The number of pyridine rings is 1. The molecule has 3 aromatic rings. The number of esters is 1. The van der Waals surface area contributed by atoms with E-state index in [1.165, 1.54) is 0 Å². The minimum absolute atomic E-state index is 0.320. The quantitative estimate of drug-likeness (QED) is 0.255. The first kappa shape index (κ1) is 21.6. The van der Waals surface area contributed by atoms with Gasteiger partial charge in [0.1, 0.15) is 12.4 Å². The lowest BCUT2D eigenvalue weighted by Crippen LogP contribution is -2.22. The third-order valence-corrected chi connectivity index (χ3v) is 6.69. The molecule has 3 rings (SSSR count). The van der Waals surface area contributed by atoms with Crippen molar-refractivity contribution in [1.82, 2.24) is 9.55 Å². The zero-order valence-electron chi connectivity index (χ0n) is 17.4. The Morgan fingerprint density at radius 1 is 1.17 bits per heavy atom. The van der Waals surface area contributed by atoms with Gasteiger partial charge in [-0.3, -0.25) is 0 Å². The zero-order valence-corrected chi connectivity index (χ0v) is 19.1. The van der Waals surface area contributed by atoms with E-state index in [9.17, 15) is 4.79 Å². The fraction of sp³-hybridized carbons (Fsp3) is 0.364. The highest BCUT2D eigenvalue weighted by molar-refractivity contribution is 6.76. The number of carbonyl (C=O) groups is 1. The van der Waals surface area contributed by atoms with E-state index in [1.54, 1.807) is 31.3 Å². The van der Waals surface area contributed by atoms with E-state index in [0.717, 1.165) is 34.9 Å². The maximum absolute atomic E-state index is 11.9. The van der Waals surface area contributed by atoms with Crippen LogP contribution in [0.25, 0.3) is 22.3 Å². The monoisotopic (exact) mass is 430 g/mol. The number of fused-ring (bicyclic) bond motifs is 1. The largest absolute Gasteiger partial charge is 0.462 e. The molecular weight excluding hydrogens is 404 g/mol. The molecule has 0 fully saturated rings. The Hall–Kier alpha value is -2.15. The molecule has 0 amide bonds. The molecule has 2 aromatic heterocycles. The topological polar surface area (TPSA) is 53.3 Å². The molecule has 0 aliphatic rings. The highest BCUT2D eigenvalue weighted by Gasteiger charge is 2.16. The van der Waals surface area contributed by atoms with Crippen LogP contribution in [0.5, 0.6) is 0 Å². The summed E-state index contributed by atoms with van der Waals surface area (Å²) >= 11 is 6.40. The Kier molecular flexibility index (Phi) is 6.77. The average molecular weight is 431 g/mol. The molecule has 0 atom stereocenters. The molecule has 1 aromatic carbocycles. The van der Waals surface area contributed by atoms with Crippen LogP contribution >= 0.6 is 11.6 Å². The predicted octanol–water partition coefficient (Wildman–Crippen LogP) is 5.85. The molecule has 0 aliphatic heterocycles. The van der Waals surface area contributed by atoms with Crippen molar-refractivity contribution < 1.29 is 14.3 Å². The number of nitrogens with zero attached hydrogens (tertiary/aromatic N) is 2. The number of carbonyl (C=O) groups excluding carboxylic acids is 1. The van der Waals surface area contributed by atoms with Gasteiger partial charge in [-0.25, -0.2) is 9.78 Å². The van der Waals surface area contributed by atoms with Gasteiger partial charge < -0.3 is 14.0 Å². The molecule has 0 radical (unpaired) electrons. The number of halogens is 1. The molecule has 2 heterocycles. The van der Waals surface area contributed by atoms with Crippen LogP contribution in [0.2, 0.25) is 30.7 Å². The minimum Gasteiger partial charge on any atom is -0.462 e. The molecule has 0 bridgehead atoms. The number of benzene rings is 1. The van der Waals surface area contributed by atoms with Crippen molar-refractivity contribution in [1.29, 1.82) is 0 Å². The van der Waals surface area contributed by atoms with Crippen LogP contribution in [0.3, 0.4) is 0 Å². The van der Waals surface area contributed by atoms with Crippen molar-refractivity contribution in [2.75, 3.05) is 13.2 Å². The Bertz CT molecular complexity index is 994. The molecule has 0 unspecified atom stereocenters. The Labute approximate surface area is 177 Å². The second-order valence-electron chi connectivity index (χ2n) is 8.13. The van der Waals surface area contributed by atoms with Crippen LogP contribution in [-0.4, -0.2) is 36.8 Å². The van der Waals surface area contributed by atoms with Crippen molar-refractivity contribution in [2.45, 2.75) is 39.3 Å². The van der Waals surface area contributed by atoms with Crippen LogP contribution in [0.4, 0.5) is 0 Å². The number of rotatable bonds is 8. The van der Waals surface area contributed by atoms with Crippen molar-refractivity contribution >= 4 is 36.7 Å². The Morgan fingerprint density at radius 3 is 2.55 bits per heavy atom. The van der Waals surface area contributed by atoms with E-state index in [-0.39, 0.29) is 5.97 Å². The van der Waals surface area contributed by atoms with Crippen LogP contribution in [0.1, 0.15) is 17.3 Å². The zero-order chi connectivity index (χ0) is 21.0. The van der Waals surface area contributed by atoms with Gasteiger partial charge in [0.05, 0.1) is 22.9 Å². The van der Waals surface area contributed by atoms with Crippen molar-refractivity contribution in [3.63, 3.8) is 0 Å². The third-order valence-electron chi connectivity index (χ3n) is 4.65. The van der Waals surface area contributed by atoms with E-state index in [4.69, 9.17) is 21.1 Å². The summed E-state index contributed by atoms with van der Waals surface area (Å²) < 4.78 is 13.1. The molecule has 29 heavy (non-hydrogen) atoms. The van der Waals surface area contributed by atoms with E-state index in [1.807, 2.05) is 22.8 Å². The lowest BCUT2D eigenvalue weighted by molar-refractivity contribution is 0.0526. The second-order valence-corrected chi connectivity index (χ2v) is 14.2. The number of hydrogen-bond acceptors (Lipinski definition) is 4. The van der Waals surface area contributed by atoms with Crippen LogP contribution < -0.4 is 0 Å². The molecule has 154 valence electrons. The maximum atomic E-state index is 11.9. The summed E-state index contributed by atoms with van der Waals surface area (Å²) in [6.07, 6.45) is 1.71. The average Bonchev–Trinajstić information content (AvgIpc) is 3.05. The van der Waals surface area contributed by atoms with E-state index < -0.39 is 8.07 Å². The Balaban J connectivity index is 1.92. The van der Waals surface area contributed by atoms with E-state index in [0.29, 0.717) is 23.9 Å². The summed E-state index contributed by atoms with van der Waals surface area (Å²) in [5, 5.41) is 1.53. The summed E-state index contributed by atoms with van der Waals surface area (Å²) in [6.45, 7) is 10.3. The van der Waals surface area contributed by atoms with Crippen molar-refractivity contribution in [3.8, 4) is 11.3 Å². The van der Waals surface area contributed by atoms with Gasteiger partial charge in [-0.1, -0.05) is 43.4 Å². The van der Waals surface area contributed by atoms with Gasteiger partial charge >= 0.3 is 5.97 Å². The highest BCUT2D eigenvalue weighted by Crippen LogP contribution is 2.31. The van der Waals surface area contributed by atoms with Crippen molar-refractivity contribution in [2.24, 2.45) is 0 Å². The second kappa shape index (κ2) is 9.11. The number of ether oxygens (including phenoxy) is 2. The van der Waals surface area contributed by atoms with Gasteiger partial charge in [-0.15, -0.1) is 0 Å². The van der Waals surface area contributed by atoms with Gasteiger partial charge in [0, 0.05) is 26.3 Å². The standard InChI is InChI=1S/C22H27ClN2O3Si/c1-5-28-22(26)17-8-6-16(7-9-17)20-14-18-19(23)10-11-24-21(18)25(20)15-27-12-13-29(2,3)4/h6-11,14H,5,12-13,15H2,1-4H3. The summed E-state index contributed by atoms with van der Waals surface area (Å²) in [5.74, 6) is -0.320. The van der Waals surface area contributed by atoms with Crippen LogP contribution in [0, 0.1) is 0 Å². The lowest BCUT2D eigenvalue weighted by Gasteiger charge is -2.16. The van der Waals surface area contributed by atoms with E-state index in [2.05, 4.69) is 24.6 Å². The summed E-state index contributed by atoms with van der Waals surface area (Å²) in [4.78, 5) is 16.4. The van der Waals surface area contributed by atoms with Gasteiger partial charge in [0.15, 0.2) is 0 Å². The molecule has 0 N–H and O–H groups in total. The Morgan fingerprint density at radius 2 is 1.90 bits per heavy atom. The maximum Gasteiger partial charge on any atom is 0.338 e. The first-order valence-electron chi connectivity index (χ1n) is 9.79. The van der Waals surface area contributed by atoms with E-state index >= 15 is 0 Å². The molecule has 0 saturated carbocycles. The van der Waals surface area contributed by atoms with Crippen molar-refractivity contribution in [3.05, 3.63) is 53.2 Å². The van der Waals surface area contributed by atoms with Gasteiger partial charge in [0.25, 0.3) is 0 Å². The molecular formula is C22H27ClN2O3Si. The minimum atomic E-state index is -1.16.